The van der Waals surface area contributed by atoms with Crippen LogP contribution in [0.3, 0.4) is 0 Å². The Balaban J connectivity index is 2.53. The Labute approximate surface area is 143 Å². The van der Waals surface area contributed by atoms with Crippen molar-refractivity contribution in [3.63, 3.8) is 0 Å². The molecule has 0 atom stereocenters. The summed E-state index contributed by atoms with van der Waals surface area (Å²) < 4.78 is 92.7. The number of hydrogen-bond donors (Lipinski definition) is 0. The van der Waals surface area contributed by atoms with E-state index >= 15 is 0 Å². The molecule has 0 amide bonds. The van der Waals surface area contributed by atoms with E-state index in [-0.39, 0.29) is 10.5 Å². The second-order valence-corrected chi connectivity index (χ2v) is 5.41. The summed E-state index contributed by atoms with van der Waals surface area (Å²) in [4.78, 5) is -1.62. The Morgan fingerprint density at radius 1 is 0.880 bits per heavy atom. The SMILES string of the molecule is Fc1cccc(N(Cc2ccccc2)C(=S)C(F)(F)C(F)(F)F)c1F. The summed E-state index contributed by atoms with van der Waals surface area (Å²) in [5.74, 6) is -8.36. The number of rotatable bonds is 4. The normalized spacial score (nSPS) is 12.1. The highest BCUT2D eigenvalue weighted by Crippen LogP contribution is 2.39. The van der Waals surface area contributed by atoms with Crippen LogP contribution in [-0.2, 0) is 6.54 Å². The number of hydrogen-bond acceptors (Lipinski definition) is 1. The van der Waals surface area contributed by atoms with Gasteiger partial charge in [-0.2, -0.15) is 22.0 Å². The van der Waals surface area contributed by atoms with Crippen LogP contribution < -0.4 is 4.90 Å². The van der Waals surface area contributed by atoms with Crippen LogP contribution in [0.4, 0.5) is 36.4 Å². The molecule has 1 nitrogen and oxygen atoms in total. The number of benzene rings is 2. The summed E-state index contributed by atoms with van der Waals surface area (Å²) in [5.41, 5.74) is -0.524. The molecule has 2 aromatic rings. The largest absolute Gasteiger partial charge is 0.460 e. The fraction of sp³-hybridized carbons (Fsp3) is 0.188. The monoisotopic (exact) mass is 381 g/mol. The molecule has 25 heavy (non-hydrogen) atoms. The lowest BCUT2D eigenvalue weighted by Gasteiger charge is -2.31. The second kappa shape index (κ2) is 6.99. The fourth-order valence-electron chi connectivity index (χ4n) is 2.02. The van der Waals surface area contributed by atoms with Gasteiger partial charge in [-0.25, -0.2) is 8.78 Å². The zero-order chi connectivity index (χ0) is 18.8. The predicted molar refractivity (Wildman–Crippen MR) is 82.6 cm³/mol. The van der Waals surface area contributed by atoms with Gasteiger partial charge in [-0.15, -0.1) is 0 Å². The lowest BCUT2D eigenvalue weighted by molar-refractivity contribution is -0.248. The molecule has 0 fully saturated rings. The predicted octanol–water partition coefficient (Wildman–Crippen LogP) is 5.50. The highest BCUT2D eigenvalue weighted by atomic mass is 32.1. The summed E-state index contributed by atoms with van der Waals surface area (Å²) >= 11 is 4.31. The van der Waals surface area contributed by atoms with Crippen molar-refractivity contribution < 1.29 is 30.7 Å². The first kappa shape index (κ1) is 19.2. The van der Waals surface area contributed by atoms with Gasteiger partial charge >= 0.3 is 12.1 Å². The molecule has 0 heterocycles. The Bertz CT molecular complexity index is 759. The van der Waals surface area contributed by atoms with Crippen molar-refractivity contribution in [1.29, 1.82) is 0 Å². The Kier molecular flexibility index (Phi) is 5.36. The van der Waals surface area contributed by atoms with Crippen molar-refractivity contribution in [3.8, 4) is 0 Å². The number of halogens is 7. The Hall–Kier alpha value is -2.16. The Morgan fingerprint density at radius 3 is 2.04 bits per heavy atom. The van der Waals surface area contributed by atoms with E-state index in [1.54, 1.807) is 6.07 Å². The van der Waals surface area contributed by atoms with Gasteiger partial charge in [-0.05, 0) is 17.7 Å². The van der Waals surface area contributed by atoms with Crippen molar-refractivity contribution in [3.05, 3.63) is 65.7 Å². The molecular formula is C16H10F7NS. The molecule has 0 aliphatic carbocycles. The van der Waals surface area contributed by atoms with Gasteiger partial charge < -0.3 is 4.90 Å². The van der Waals surface area contributed by atoms with Gasteiger partial charge in [0, 0.05) is 6.54 Å². The molecule has 2 aromatic carbocycles. The average Bonchev–Trinajstić information content (AvgIpc) is 2.55. The topological polar surface area (TPSA) is 3.24 Å². The number of nitrogens with zero attached hydrogens (tertiary/aromatic N) is 1. The van der Waals surface area contributed by atoms with Crippen molar-refractivity contribution in [1.82, 2.24) is 0 Å². The van der Waals surface area contributed by atoms with Crippen LogP contribution in [0.5, 0.6) is 0 Å². The maximum absolute atomic E-state index is 14.0. The molecule has 0 aliphatic rings. The smallest absolute Gasteiger partial charge is 0.324 e. The fourth-order valence-corrected chi connectivity index (χ4v) is 2.30. The molecule has 9 heteroatoms. The molecule has 134 valence electrons. The third-order valence-electron chi connectivity index (χ3n) is 3.28. The molecule has 0 bridgehead atoms. The summed E-state index contributed by atoms with van der Waals surface area (Å²) in [5, 5.41) is 0. The van der Waals surface area contributed by atoms with Crippen molar-refractivity contribution >= 4 is 22.9 Å². The quantitative estimate of drug-likeness (QED) is 0.509. The van der Waals surface area contributed by atoms with E-state index in [4.69, 9.17) is 0 Å². The van der Waals surface area contributed by atoms with Gasteiger partial charge in [0.25, 0.3) is 0 Å². The van der Waals surface area contributed by atoms with Gasteiger partial charge in [0.1, 0.15) is 0 Å². The first-order valence-corrected chi connectivity index (χ1v) is 7.21. The highest BCUT2D eigenvalue weighted by molar-refractivity contribution is 7.80. The molecule has 2 rings (SSSR count). The van der Waals surface area contributed by atoms with E-state index < -0.39 is 41.0 Å². The zero-order valence-corrected chi connectivity index (χ0v) is 13.1. The van der Waals surface area contributed by atoms with E-state index in [1.807, 2.05) is 0 Å². The molecule has 0 aliphatic heterocycles. The third-order valence-corrected chi connectivity index (χ3v) is 3.75. The van der Waals surface area contributed by atoms with Crippen LogP contribution in [0.25, 0.3) is 0 Å². The van der Waals surface area contributed by atoms with Gasteiger partial charge in [-0.1, -0.05) is 48.6 Å². The van der Waals surface area contributed by atoms with Crippen LogP contribution in [0.1, 0.15) is 5.56 Å². The van der Waals surface area contributed by atoms with Crippen LogP contribution in [0.15, 0.2) is 48.5 Å². The van der Waals surface area contributed by atoms with Crippen LogP contribution in [-0.4, -0.2) is 17.1 Å². The molecule has 0 spiro atoms. The summed E-state index contributed by atoms with van der Waals surface area (Å²) in [6, 6.07) is 10.1. The summed E-state index contributed by atoms with van der Waals surface area (Å²) in [7, 11) is 0. The molecule has 0 saturated carbocycles. The number of thiocarbonyl (C=S) groups is 1. The molecule has 0 aromatic heterocycles. The number of alkyl halides is 5. The molecule has 0 unspecified atom stereocenters. The van der Waals surface area contributed by atoms with Gasteiger partial charge in [0.2, 0.25) is 0 Å². The summed E-state index contributed by atoms with van der Waals surface area (Å²) in [6.07, 6.45) is -5.97. The second-order valence-electron chi connectivity index (χ2n) is 5.02. The van der Waals surface area contributed by atoms with Crippen LogP contribution in [0.2, 0.25) is 0 Å². The minimum Gasteiger partial charge on any atom is -0.324 e. The van der Waals surface area contributed by atoms with E-state index in [0.717, 1.165) is 12.1 Å². The first-order chi connectivity index (χ1) is 11.6. The average molecular weight is 381 g/mol. The summed E-state index contributed by atoms with van der Waals surface area (Å²) in [6.45, 7) is -0.592. The third kappa shape index (κ3) is 3.92. The van der Waals surface area contributed by atoms with E-state index in [2.05, 4.69) is 12.2 Å². The lowest BCUT2D eigenvalue weighted by atomic mass is 10.1. The minimum absolute atomic E-state index is 0.247. The maximum atomic E-state index is 14.0. The van der Waals surface area contributed by atoms with Crippen molar-refractivity contribution in [2.45, 2.75) is 18.6 Å². The Morgan fingerprint density at radius 2 is 1.48 bits per heavy atom. The standard InChI is InChI=1S/C16H10F7NS/c17-11-7-4-8-12(13(11)18)24(9-10-5-2-1-3-6-10)14(25)15(19,20)16(21,22)23/h1-8H,9H2. The molecular weight excluding hydrogens is 371 g/mol. The van der Waals surface area contributed by atoms with Gasteiger partial charge in [0.05, 0.1) is 5.69 Å². The van der Waals surface area contributed by atoms with Gasteiger partial charge in [-0.3, -0.25) is 0 Å². The zero-order valence-electron chi connectivity index (χ0n) is 12.3. The maximum Gasteiger partial charge on any atom is 0.460 e. The van der Waals surface area contributed by atoms with E-state index in [0.29, 0.717) is 6.07 Å². The molecule has 0 radical (unpaired) electrons. The highest BCUT2D eigenvalue weighted by Gasteiger charge is 2.62. The molecule has 0 N–H and O–H groups in total. The first-order valence-electron chi connectivity index (χ1n) is 6.80. The van der Waals surface area contributed by atoms with Crippen molar-refractivity contribution in [2.24, 2.45) is 0 Å². The van der Waals surface area contributed by atoms with E-state index in [9.17, 15) is 30.7 Å². The number of anilines is 1. The van der Waals surface area contributed by atoms with Crippen molar-refractivity contribution in [2.75, 3.05) is 4.90 Å². The van der Waals surface area contributed by atoms with Gasteiger partial charge in [0.15, 0.2) is 16.6 Å². The van der Waals surface area contributed by atoms with Crippen LogP contribution >= 0.6 is 12.2 Å². The molecule has 0 saturated heterocycles. The lowest BCUT2D eigenvalue weighted by Crippen LogP contribution is -2.51. The van der Waals surface area contributed by atoms with Crippen LogP contribution in [0, 0.1) is 11.6 Å². The van der Waals surface area contributed by atoms with E-state index in [1.165, 1.54) is 24.3 Å². The minimum atomic E-state index is -5.97.